The lowest BCUT2D eigenvalue weighted by Gasteiger charge is -2.15. The largest absolute Gasteiger partial charge is 0.375 e. The van der Waals surface area contributed by atoms with E-state index in [9.17, 15) is 9.90 Å². The number of hydrogen-bond donors (Lipinski definition) is 0. The molecule has 0 N–H and O–H groups in total. The zero-order chi connectivity index (χ0) is 8.69. The number of hydrogen-bond acceptors (Lipinski definition) is 2. The van der Waals surface area contributed by atoms with E-state index in [1.807, 2.05) is 0 Å². The van der Waals surface area contributed by atoms with Gasteiger partial charge in [0.2, 0.25) is 5.91 Å². The van der Waals surface area contributed by atoms with Crippen LogP contribution in [0.5, 0.6) is 0 Å². The third-order valence-corrected chi connectivity index (χ3v) is 1.33. The third-order valence-electron chi connectivity index (χ3n) is 1.33. The molecule has 4 nitrogen and oxygen atoms in total. The Morgan fingerprint density at radius 3 is 2.64 bits per heavy atom. The van der Waals surface area contributed by atoms with Crippen LogP contribution in [0.15, 0.2) is 0 Å². The van der Waals surface area contributed by atoms with Crippen LogP contribution in [0.25, 0.3) is 0 Å². The maximum atomic E-state index is 10.9. The highest BCUT2D eigenvalue weighted by Crippen LogP contribution is 1.88. The minimum Gasteiger partial charge on any atom is -0.375 e. The second kappa shape index (κ2) is 6.12. The molecule has 0 atom stereocenters. The summed E-state index contributed by atoms with van der Waals surface area (Å²) in [6.07, 6.45) is 0.506. The summed E-state index contributed by atoms with van der Waals surface area (Å²) in [6.45, 7) is 0.478. The fourth-order valence-electron chi connectivity index (χ4n) is 0.660. The Morgan fingerprint density at radius 2 is 2.18 bits per heavy atom. The van der Waals surface area contributed by atoms with Crippen molar-refractivity contribution in [3.63, 3.8) is 0 Å². The molecule has 0 aromatic rings. The quantitative estimate of drug-likeness (QED) is 0.564. The number of methoxy groups -OCH3 is 1. The van der Waals surface area contributed by atoms with Gasteiger partial charge in [-0.05, 0) is 6.42 Å². The van der Waals surface area contributed by atoms with Gasteiger partial charge in [-0.25, -0.2) is 5.11 Å². The second-order valence-corrected chi connectivity index (χ2v) is 2.31. The Kier molecular flexibility index (Phi) is 5.78. The van der Waals surface area contributed by atoms with Crippen LogP contribution in [0.2, 0.25) is 0 Å². The lowest BCUT2D eigenvalue weighted by Crippen LogP contribution is -2.31. The first kappa shape index (κ1) is 10.4. The molecule has 0 aromatic heterocycles. The van der Waals surface area contributed by atoms with Crippen molar-refractivity contribution in [2.24, 2.45) is 0 Å². The van der Waals surface area contributed by atoms with Crippen LogP contribution in [-0.2, 0) is 14.6 Å². The molecule has 0 aromatic carbocycles. The van der Waals surface area contributed by atoms with Crippen LogP contribution in [0.1, 0.15) is 6.42 Å². The molecule has 0 saturated heterocycles. The molecule has 0 bridgehead atoms. The summed E-state index contributed by atoms with van der Waals surface area (Å²) < 4.78 is 4.64. The number of rotatable bonds is 5. The maximum Gasteiger partial charge on any atom is 0.248 e. The molecule has 4 heteroatoms. The summed E-state index contributed by atoms with van der Waals surface area (Å²) in [5, 5.41) is 10.0. The van der Waals surface area contributed by atoms with Gasteiger partial charge < -0.3 is 9.64 Å². The lowest BCUT2D eigenvalue weighted by atomic mass is 10.4. The van der Waals surface area contributed by atoms with Gasteiger partial charge in [0.05, 0.1) is 6.61 Å². The molecule has 0 heterocycles. The first-order chi connectivity index (χ1) is 5.22. The fraction of sp³-hybridized carbons (Fsp3) is 0.857. The summed E-state index contributed by atoms with van der Waals surface area (Å²) in [5.74, 6) is -0.0825. The number of ether oxygens (including phenoxy) is 1. The van der Waals surface area contributed by atoms with E-state index in [1.165, 1.54) is 12.0 Å². The Bertz CT molecular complexity index is 116. The SMILES string of the molecule is COCC(=O)N(C)CCC[O]. The molecule has 0 aliphatic heterocycles. The molecule has 1 radical (unpaired) electrons. The molecule has 0 rings (SSSR count). The minimum absolute atomic E-state index is 0.0825. The van der Waals surface area contributed by atoms with E-state index < -0.39 is 0 Å². The van der Waals surface area contributed by atoms with E-state index in [-0.39, 0.29) is 19.1 Å². The third kappa shape index (κ3) is 4.75. The van der Waals surface area contributed by atoms with E-state index in [0.717, 1.165) is 0 Å². The normalized spacial score (nSPS) is 9.73. The maximum absolute atomic E-state index is 10.9. The van der Waals surface area contributed by atoms with Crippen molar-refractivity contribution in [3.05, 3.63) is 0 Å². The van der Waals surface area contributed by atoms with Crippen molar-refractivity contribution in [2.75, 3.05) is 33.9 Å². The van der Waals surface area contributed by atoms with Gasteiger partial charge in [-0.15, -0.1) is 0 Å². The van der Waals surface area contributed by atoms with Crippen molar-refractivity contribution in [2.45, 2.75) is 6.42 Å². The van der Waals surface area contributed by atoms with E-state index >= 15 is 0 Å². The number of amides is 1. The van der Waals surface area contributed by atoms with Crippen LogP contribution in [0.4, 0.5) is 0 Å². The summed E-state index contributed by atoms with van der Waals surface area (Å²) >= 11 is 0. The topological polar surface area (TPSA) is 49.4 Å². The average Bonchev–Trinajstić information content (AvgIpc) is 2.00. The zero-order valence-corrected chi connectivity index (χ0v) is 7.00. The van der Waals surface area contributed by atoms with Crippen LogP contribution < -0.4 is 0 Å². The second-order valence-electron chi connectivity index (χ2n) is 2.31. The molecular weight excluding hydrogens is 146 g/mol. The Morgan fingerprint density at radius 1 is 1.55 bits per heavy atom. The average molecular weight is 160 g/mol. The van der Waals surface area contributed by atoms with Crippen LogP contribution in [0, 0.1) is 0 Å². The smallest absolute Gasteiger partial charge is 0.248 e. The number of carbonyl (C=O) groups excluding carboxylic acids is 1. The zero-order valence-electron chi connectivity index (χ0n) is 7.00. The molecular formula is C7H14NO3. The van der Waals surface area contributed by atoms with Crippen LogP contribution in [0.3, 0.4) is 0 Å². The van der Waals surface area contributed by atoms with Crippen molar-refractivity contribution >= 4 is 5.91 Å². The standard InChI is InChI=1S/C7H14NO3/c1-8(4-3-5-9)7(10)6-11-2/h3-6H2,1-2H3. The minimum atomic E-state index is -0.134. The van der Waals surface area contributed by atoms with Gasteiger partial charge in [-0.2, -0.15) is 0 Å². The van der Waals surface area contributed by atoms with E-state index in [2.05, 4.69) is 4.74 Å². The highest BCUT2D eigenvalue weighted by molar-refractivity contribution is 5.77. The Hall–Kier alpha value is -0.610. The number of likely N-dealkylation sites (N-methyl/N-ethyl adjacent to an activating group) is 1. The van der Waals surface area contributed by atoms with Gasteiger partial charge in [0, 0.05) is 20.7 Å². The van der Waals surface area contributed by atoms with E-state index in [0.29, 0.717) is 13.0 Å². The van der Waals surface area contributed by atoms with Gasteiger partial charge in [0.15, 0.2) is 0 Å². The predicted octanol–water partition coefficient (Wildman–Crippen LogP) is -0.0882. The lowest BCUT2D eigenvalue weighted by molar-refractivity contribution is -0.133. The van der Waals surface area contributed by atoms with Gasteiger partial charge in [-0.1, -0.05) is 0 Å². The molecule has 0 aliphatic carbocycles. The van der Waals surface area contributed by atoms with Crippen LogP contribution >= 0.6 is 0 Å². The highest BCUT2D eigenvalue weighted by Gasteiger charge is 2.06. The van der Waals surface area contributed by atoms with E-state index in [4.69, 9.17) is 0 Å². The molecule has 0 fully saturated rings. The monoisotopic (exact) mass is 160 g/mol. The molecule has 1 amide bonds. The van der Waals surface area contributed by atoms with Gasteiger partial charge in [0.1, 0.15) is 6.61 Å². The Labute approximate surface area is 66.8 Å². The van der Waals surface area contributed by atoms with Crippen molar-refractivity contribution in [3.8, 4) is 0 Å². The van der Waals surface area contributed by atoms with Gasteiger partial charge in [0.25, 0.3) is 0 Å². The fourth-order valence-corrected chi connectivity index (χ4v) is 0.660. The molecule has 11 heavy (non-hydrogen) atoms. The van der Waals surface area contributed by atoms with Crippen molar-refractivity contribution in [1.82, 2.24) is 4.90 Å². The van der Waals surface area contributed by atoms with Crippen molar-refractivity contribution < 1.29 is 14.6 Å². The predicted molar refractivity (Wildman–Crippen MR) is 39.7 cm³/mol. The first-order valence-corrected chi connectivity index (χ1v) is 3.53. The molecule has 0 unspecified atom stereocenters. The first-order valence-electron chi connectivity index (χ1n) is 3.53. The summed E-state index contributed by atoms with van der Waals surface area (Å²) in [7, 11) is 3.14. The molecule has 0 spiro atoms. The van der Waals surface area contributed by atoms with Crippen molar-refractivity contribution in [1.29, 1.82) is 0 Å². The molecule has 0 aliphatic rings. The van der Waals surface area contributed by atoms with Gasteiger partial charge in [-0.3, -0.25) is 4.79 Å². The molecule has 65 valence electrons. The molecule has 0 saturated carbocycles. The summed E-state index contributed by atoms with van der Waals surface area (Å²) in [6, 6.07) is 0. The van der Waals surface area contributed by atoms with E-state index in [1.54, 1.807) is 7.05 Å². The number of carbonyl (C=O) groups is 1. The summed E-state index contributed by atoms with van der Waals surface area (Å²) in [5.41, 5.74) is 0. The van der Waals surface area contributed by atoms with Crippen LogP contribution in [-0.4, -0.2) is 44.7 Å². The summed E-state index contributed by atoms with van der Waals surface area (Å²) in [4.78, 5) is 12.4. The van der Waals surface area contributed by atoms with Gasteiger partial charge >= 0.3 is 0 Å². The Balaban J connectivity index is 3.46. The number of nitrogens with zero attached hydrogens (tertiary/aromatic N) is 1. The highest BCUT2D eigenvalue weighted by atomic mass is 16.5.